The molecule has 186 valence electrons. The van der Waals surface area contributed by atoms with E-state index in [9.17, 15) is 4.79 Å². The van der Waals surface area contributed by atoms with Gasteiger partial charge in [0.25, 0.3) is 5.91 Å². The molecular weight excluding hydrogens is 522 g/mol. The van der Waals surface area contributed by atoms with E-state index in [4.69, 9.17) is 11.6 Å². The van der Waals surface area contributed by atoms with Crippen LogP contribution in [0.1, 0.15) is 39.6 Å². The van der Waals surface area contributed by atoms with Crippen molar-refractivity contribution < 1.29 is 4.79 Å². The third kappa shape index (κ3) is 5.77. The number of rotatable bonds is 8. The predicted octanol–water partition coefficient (Wildman–Crippen LogP) is 7.14. The van der Waals surface area contributed by atoms with E-state index in [2.05, 4.69) is 39.6 Å². The lowest BCUT2D eigenvalue weighted by Gasteiger charge is -2.13. The first-order valence-electron chi connectivity index (χ1n) is 11.7. The largest absolute Gasteiger partial charge is 0.344 e. The molecule has 5 rings (SSSR count). The maximum atomic E-state index is 12.8. The maximum absolute atomic E-state index is 12.8. The molecule has 37 heavy (non-hydrogen) atoms. The van der Waals surface area contributed by atoms with Crippen LogP contribution >= 0.6 is 34.7 Å². The van der Waals surface area contributed by atoms with E-state index in [0.29, 0.717) is 22.3 Å². The van der Waals surface area contributed by atoms with Crippen LogP contribution in [0.4, 0.5) is 0 Å². The fourth-order valence-corrected chi connectivity index (χ4v) is 5.77. The Kier molecular flexibility index (Phi) is 7.69. The number of carbonyl (C=O) groups is 1. The minimum absolute atomic E-state index is 0.107. The van der Waals surface area contributed by atoms with Crippen LogP contribution in [-0.4, -0.2) is 25.7 Å². The summed E-state index contributed by atoms with van der Waals surface area (Å²) in [6.45, 7) is 4.02. The zero-order valence-electron chi connectivity index (χ0n) is 20.3. The first-order valence-corrected chi connectivity index (χ1v) is 13.9. The zero-order chi connectivity index (χ0) is 25.8. The molecule has 0 saturated heterocycles. The number of benzene rings is 3. The second kappa shape index (κ2) is 11.3. The number of aromatic nitrogens is 4. The number of aryl methyl sites for hydroxylation is 1. The molecule has 1 unspecified atom stereocenters. The lowest BCUT2D eigenvalue weighted by Crippen LogP contribution is -2.26. The molecule has 0 spiro atoms. The van der Waals surface area contributed by atoms with Crippen molar-refractivity contribution in [1.82, 2.24) is 25.1 Å². The number of hydrogen-bond acceptors (Lipinski definition) is 6. The summed E-state index contributed by atoms with van der Waals surface area (Å²) in [7, 11) is 0. The second-order valence-electron chi connectivity index (χ2n) is 8.48. The summed E-state index contributed by atoms with van der Waals surface area (Å²) >= 11 is 9.48. The highest BCUT2D eigenvalue weighted by Gasteiger charge is 2.19. The molecule has 1 amide bonds. The molecule has 2 aromatic heterocycles. The van der Waals surface area contributed by atoms with E-state index in [0.717, 1.165) is 27.0 Å². The molecule has 0 saturated carbocycles. The number of hydrogen-bond donors (Lipinski definition) is 1. The highest BCUT2D eigenvalue weighted by Crippen LogP contribution is 2.33. The Bertz CT molecular complexity index is 1520. The van der Waals surface area contributed by atoms with Crippen molar-refractivity contribution >= 4 is 40.6 Å². The Labute approximate surface area is 228 Å². The first-order chi connectivity index (χ1) is 18.0. The van der Waals surface area contributed by atoms with Gasteiger partial charge in [-0.1, -0.05) is 83.5 Å². The van der Waals surface area contributed by atoms with Gasteiger partial charge in [-0.2, -0.15) is 0 Å². The van der Waals surface area contributed by atoms with E-state index in [1.807, 2.05) is 78.2 Å². The Hall–Kier alpha value is -3.46. The predicted molar refractivity (Wildman–Crippen MR) is 151 cm³/mol. The third-order valence-corrected chi connectivity index (χ3v) is 8.10. The van der Waals surface area contributed by atoms with Gasteiger partial charge in [-0.3, -0.25) is 9.36 Å². The molecule has 6 nitrogen and oxygen atoms in total. The molecule has 2 heterocycles. The number of thiazole rings is 1. The molecule has 5 aromatic rings. The van der Waals surface area contributed by atoms with Gasteiger partial charge in [0.05, 0.1) is 16.8 Å². The summed E-state index contributed by atoms with van der Waals surface area (Å²) in [6, 6.07) is 25.6. The minimum Gasteiger partial charge on any atom is -0.344 e. The number of halogens is 1. The molecule has 1 atom stereocenters. The molecule has 0 aliphatic heterocycles. The van der Waals surface area contributed by atoms with Crippen LogP contribution in [0.15, 0.2) is 89.4 Å². The van der Waals surface area contributed by atoms with Crippen LogP contribution < -0.4 is 5.32 Å². The van der Waals surface area contributed by atoms with Gasteiger partial charge in [-0.15, -0.1) is 21.5 Å². The number of nitrogens with one attached hydrogen (secondary N) is 1. The van der Waals surface area contributed by atoms with Gasteiger partial charge in [-0.25, -0.2) is 4.98 Å². The van der Waals surface area contributed by atoms with Crippen molar-refractivity contribution in [2.24, 2.45) is 0 Å². The van der Waals surface area contributed by atoms with Crippen molar-refractivity contribution in [3.63, 3.8) is 0 Å². The van der Waals surface area contributed by atoms with Crippen molar-refractivity contribution in [3.05, 3.63) is 111 Å². The molecule has 1 N–H and O–H groups in total. The van der Waals surface area contributed by atoms with Gasteiger partial charge in [0, 0.05) is 16.6 Å². The molecule has 0 aliphatic rings. The fraction of sp³-hybridized carbons (Fsp3) is 0.143. The van der Waals surface area contributed by atoms with Gasteiger partial charge in [0.15, 0.2) is 11.0 Å². The maximum Gasteiger partial charge on any atom is 0.271 e. The van der Waals surface area contributed by atoms with Crippen molar-refractivity contribution in [3.8, 4) is 17.1 Å². The normalized spacial score (nSPS) is 11.9. The molecule has 0 fully saturated rings. The molecule has 0 bridgehead atoms. The molecular formula is C28H24ClN5OS2. The van der Waals surface area contributed by atoms with E-state index in [1.54, 1.807) is 5.38 Å². The number of thioether (sulfide) groups is 1. The van der Waals surface area contributed by atoms with Crippen LogP contribution in [0.2, 0.25) is 5.02 Å². The monoisotopic (exact) mass is 545 g/mol. The standard InChI is InChI=1S/C28H24ClN5OS2/c1-18-12-14-21(15-13-18)34-26(22-10-6-7-11-23(22)29)32-33-28(34)37-17-25-31-24(16-36-25)27(35)30-19(2)20-8-4-3-5-9-20/h3-16,19H,17H2,1-2H3,(H,30,35). The van der Waals surface area contributed by atoms with E-state index in [-0.39, 0.29) is 11.9 Å². The Morgan fingerprint density at radius 2 is 1.76 bits per heavy atom. The number of nitrogens with zero attached hydrogens (tertiary/aromatic N) is 4. The minimum atomic E-state index is -0.187. The molecule has 9 heteroatoms. The topological polar surface area (TPSA) is 72.7 Å². The molecule has 3 aromatic carbocycles. The van der Waals surface area contributed by atoms with Crippen LogP contribution in [0.3, 0.4) is 0 Å². The Balaban J connectivity index is 1.35. The number of carbonyl (C=O) groups excluding carboxylic acids is 1. The van der Waals surface area contributed by atoms with E-state index < -0.39 is 0 Å². The molecule has 0 aliphatic carbocycles. The smallest absolute Gasteiger partial charge is 0.271 e. The van der Waals surface area contributed by atoms with Crippen molar-refractivity contribution in [2.45, 2.75) is 30.8 Å². The zero-order valence-corrected chi connectivity index (χ0v) is 22.6. The SMILES string of the molecule is Cc1ccc(-n2c(SCc3nc(C(=O)NC(C)c4ccccc4)cs3)nnc2-c2ccccc2Cl)cc1. The van der Waals surface area contributed by atoms with Crippen LogP contribution in [0, 0.1) is 6.92 Å². The average molecular weight is 546 g/mol. The van der Waals surface area contributed by atoms with Gasteiger partial charge in [-0.05, 0) is 43.7 Å². The fourth-order valence-electron chi connectivity index (χ4n) is 3.81. The third-order valence-electron chi connectivity index (χ3n) is 5.80. The Morgan fingerprint density at radius 1 is 1.03 bits per heavy atom. The van der Waals surface area contributed by atoms with Crippen LogP contribution in [0.5, 0.6) is 0 Å². The van der Waals surface area contributed by atoms with Crippen LogP contribution in [0.25, 0.3) is 17.1 Å². The summed E-state index contributed by atoms with van der Waals surface area (Å²) in [6.07, 6.45) is 0. The van der Waals surface area contributed by atoms with E-state index in [1.165, 1.54) is 28.7 Å². The van der Waals surface area contributed by atoms with Gasteiger partial charge in [0.2, 0.25) is 0 Å². The lowest BCUT2D eigenvalue weighted by atomic mass is 10.1. The summed E-state index contributed by atoms with van der Waals surface area (Å²) in [4.78, 5) is 17.3. The summed E-state index contributed by atoms with van der Waals surface area (Å²) in [5, 5.41) is 15.9. The highest BCUT2D eigenvalue weighted by atomic mass is 35.5. The van der Waals surface area contributed by atoms with Crippen molar-refractivity contribution in [2.75, 3.05) is 0 Å². The molecule has 0 radical (unpaired) electrons. The second-order valence-corrected chi connectivity index (χ2v) is 10.8. The number of amides is 1. The highest BCUT2D eigenvalue weighted by molar-refractivity contribution is 7.98. The summed E-state index contributed by atoms with van der Waals surface area (Å²) in [5.41, 5.74) is 4.39. The van der Waals surface area contributed by atoms with E-state index >= 15 is 0 Å². The summed E-state index contributed by atoms with van der Waals surface area (Å²) < 4.78 is 2.01. The quantitative estimate of drug-likeness (QED) is 0.210. The summed E-state index contributed by atoms with van der Waals surface area (Å²) in [5.74, 6) is 1.04. The van der Waals surface area contributed by atoms with Crippen molar-refractivity contribution in [1.29, 1.82) is 0 Å². The lowest BCUT2D eigenvalue weighted by molar-refractivity contribution is 0.0935. The van der Waals surface area contributed by atoms with Gasteiger partial charge >= 0.3 is 0 Å². The van der Waals surface area contributed by atoms with Gasteiger partial charge < -0.3 is 5.32 Å². The average Bonchev–Trinajstić information content (AvgIpc) is 3.56. The first kappa shape index (κ1) is 25.2. The Morgan fingerprint density at radius 3 is 2.51 bits per heavy atom. The van der Waals surface area contributed by atoms with Gasteiger partial charge in [0.1, 0.15) is 10.7 Å². The van der Waals surface area contributed by atoms with Crippen LogP contribution in [-0.2, 0) is 5.75 Å².